The molecule has 0 unspecified atom stereocenters. The fourth-order valence-corrected chi connectivity index (χ4v) is 4.26. The molecule has 0 radical (unpaired) electrons. The maximum atomic E-state index is 13.0. The van der Waals surface area contributed by atoms with E-state index in [1.165, 1.54) is 12.1 Å². The lowest BCUT2D eigenvalue weighted by Gasteiger charge is -2.16. The number of H-pyrrole nitrogens is 1. The van der Waals surface area contributed by atoms with Gasteiger partial charge in [0.25, 0.3) is 11.5 Å². The number of nitrogens with one attached hydrogen (secondary N) is 2. The molecule has 0 bridgehead atoms. The van der Waals surface area contributed by atoms with Crippen LogP contribution in [0.5, 0.6) is 0 Å². The Morgan fingerprint density at radius 2 is 1.87 bits per heavy atom. The van der Waals surface area contributed by atoms with Gasteiger partial charge in [0, 0.05) is 18.7 Å². The smallest absolute Gasteiger partial charge is 0.335 e. The minimum absolute atomic E-state index is 0.0131. The zero-order valence-electron chi connectivity index (χ0n) is 16.4. The van der Waals surface area contributed by atoms with Gasteiger partial charge in [-0.15, -0.1) is 0 Å². The molecular formula is C22H21N3O4S. The Hall–Kier alpha value is -3.26. The first-order chi connectivity index (χ1) is 14.4. The molecule has 30 heavy (non-hydrogen) atoms. The molecule has 0 saturated heterocycles. The van der Waals surface area contributed by atoms with E-state index in [0.29, 0.717) is 22.2 Å². The van der Waals surface area contributed by atoms with Gasteiger partial charge in [0.1, 0.15) is 0 Å². The zero-order chi connectivity index (χ0) is 21.4. The molecule has 1 aliphatic rings. The Labute approximate surface area is 177 Å². The van der Waals surface area contributed by atoms with Crippen LogP contribution in [0.1, 0.15) is 46.4 Å². The molecule has 0 aliphatic heterocycles. The average Bonchev–Trinajstić information content (AvgIpc) is 3.24. The van der Waals surface area contributed by atoms with Crippen molar-refractivity contribution in [1.82, 2.24) is 14.9 Å². The second kappa shape index (κ2) is 7.87. The summed E-state index contributed by atoms with van der Waals surface area (Å²) in [6.45, 7) is 0. The Balaban J connectivity index is 1.97. The molecule has 4 rings (SSSR count). The first kappa shape index (κ1) is 20.0. The van der Waals surface area contributed by atoms with E-state index in [1.807, 2.05) is 0 Å². The number of amides is 1. The third-order valence-corrected chi connectivity index (χ3v) is 6.01. The summed E-state index contributed by atoms with van der Waals surface area (Å²) < 4.78 is 1.75. The molecule has 0 atom stereocenters. The van der Waals surface area contributed by atoms with Crippen molar-refractivity contribution < 1.29 is 14.7 Å². The third kappa shape index (κ3) is 3.54. The number of benzene rings is 2. The number of aromatic carboxylic acids is 1. The molecule has 1 aliphatic carbocycles. The van der Waals surface area contributed by atoms with Crippen molar-refractivity contribution in [1.29, 1.82) is 0 Å². The second-order valence-electron chi connectivity index (χ2n) is 7.54. The quantitative estimate of drug-likeness (QED) is 0.556. The Bertz CT molecular complexity index is 1290. The van der Waals surface area contributed by atoms with E-state index in [1.54, 1.807) is 35.9 Å². The van der Waals surface area contributed by atoms with E-state index >= 15 is 0 Å². The van der Waals surface area contributed by atoms with Crippen LogP contribution in [0.2, 0.25) is 0 Å². The molecule has 1 amide bonds. The van der Waals surface area contributed by atoms with E-state index in [-0.39, 0.29) is 27.7 Å². The number of hydrogen-bond donors (Lipinski definition) is 3. The molecule has 1 saturated carbocycles. The average molecular weight is 423 g/mol. The zero-order valence-corrected chi connectivity index (χ0v) is 17.2. The molecule has 1 fully saturated rings. The summed E-state index contributed by atoms with van der Waals surface area (Å²) in [5.74, 6) is -1.36. The van der Waals surface area contributed by atoms with Crippen molar-refractivity contribution in [3.63, 3.8) is 0 Å². The molecule has 3 N–H and O–H groups in total. The van der Waals surface area contributed by atoms with Crippen molar-refractivity contribution in [2.45, 2.75) is 31.7 Å². The highest BCUT2D eigenvalue weighted by molar-refractivity contribution is 7.71. The Kier molecular flexibility index (Phi) is 5.26. The van der Waals surface area contributed by atoms with Gasteiger partial charge in [-0.2, -0.15) is 0 Å². The second-order valence-corrected chi connectivity index (χ2v) is 7.93. The molecule has 2 aromatic carbocycles. The van der Waals surface area contributed by atoms with Gasteiger partial charge in [-0.05, 0) is 54.4 Å². The molecule has 3 aromatic rings. The number of carboxylic acid groups (broad SMARTS) is 1. The van der Waals surface area contributed by atoms with E-state index in [4.69, 9.17) is 12.2 Å². The van der Waals surface area contributed by atoms with Crippen molar-refractivity contribution >= 4 is 35.0 Å². The number of aromatic nitrogens is 2. The van der Waals surface area contributed by atoms with Crippen LogP contribution in [-0.4, -0.2) is 32.6 Å². The van der Waals surface area contributed by atoms with Gasteiger partial charge in [0.2, 0.25) is 0 Å². The first-order valence-electron chi connectivity index (χ1n) is 9.77. The first-order valence-corrected chi connectivity index (χ1v) is 10.2. The van der Waals surface area contributed by atoms with Gasteiger partial charge in [-0.3, -0.25) is 14.6 Å². The van der Waals surface area contributed by atoms with Crippen LogP contribution in [0.25, 0.3) is 22.0 Å². The van der Waals surface area contributed by atoms with Crippen LogP contribution in [0.3, 0.4) is 0 Å². The summed E-state index contributed by atoms with van der Waals surface area (Å²) in [5.41, 5.74) is 1.27. The van der Waals surface area contributed by atoms with Crippen LogP contribution in [0, 0.1) is 4.77 Å². The summed E-state index contributed by atoms with van der Waals surface area (Å²) in [4.78, 5) is 40.2. The van der Waals surface area contributed by atoms with Gasteiger partial charge >= 0.3 is 5.97 Å². The van der Waals surface area contributed by atoms with Gasteiger partial charge < -0.3 is 15.0 Å². The number of fused-ring (bicyclic) bond motifs is 1. The maximum Gasteiger partial charge on any atom is 0.335 e. The summed E-state index contributed by atoms with van der Waals surface area (Å²) in [5, 5.41) is 13.0. The fraction of sp³-hybridized carbons (Fsp3) is 0.273. The lowest BCUT2D eigenvalue weighted by atomic mass is 9.94. The summed E-state index contributed by atoms with van der Waals surface area (Å²) in [6, 6.07) is 9.92. The summed E-state index contributed by atoms with van der Waals surface area (Å²) in [7, 11) is 1.66. The summed E-state index contributed by atoms with van der Waals surface area (Å²) >= 11 is 5.18. The third-order valence-electron chi connectivity index (χ3n) is 5.63. The van der Waals surface area contributed by atoms with Gasteiger partial charge in [0.05, 0.1) is 16.5 Å². The minimum Gasteiger partial charge on any atom is -0.478 e. The molecule has 7 nitrogen and oxygen atoms in total. The molecule has 154 valence electrons. The maximum absolute atomic E-state index is 13.0. The number of nitrogens with zero attached hydrogens (tertiary/aromatic N) is 1. The van der Waals surface area contributed by atoms with Gasteiger partial charge in [0.15, 0.2) is 4.77 Å². The van der Waals surface area contributed by atoms with E-state index in [9.17, 15) is 19.5 Å². The largest absolute Gasteiger partial charge is 0.478 e. The molecule has 1 aromatic heterocycles. The van der Waals surface area contributed by atoms with Crippen molar-refractivity contribution in [3.05, 3.63) is 62.6 Å². The topological polar surface area (TPSA) is 104 Å². The number of aromatic amines is 1. The highest BCUT2D eigenvalue weighted by Gasteiger charge is 2.22. The van der Waals surface area contributed by atoms with Crippen molar-refractivity contribution in [2.24, 2.45) is 7.05 Å². The van der Waals surface area contributed by atoms with Crippen LogP contribution >= 0.6 is 12.2 Å². The highest BCUT2D eigenvalue weighted by atomic mass is 32.1. The number of aryl methyl sites for hydroxylation is 1. The van der Waals surface area contributed by atoms with Crippen molar-refractivity contribution in [3.8, 4) is 11.1 Å². The van der Waals surface area contributed by atoms with Crippen molar-refractivity contribution in [2.75, 3.05) is 0 Å². The van der Waals surface area contributed by atoms with Gasteiger partial charge in [-0.25, -0.2) is 4.79 Å². The van der Waals surface area contributed by atoms with Crippen LogP contribution in [0.4, 0.5) is 0 Å². The number of carbonyl (C=O) groups is 2. The number of rotatable bonds is 4. The number of carbonyl (C=O) groups excluding carboxylic acids is 1. The lowest BCUT2D eigenvalue weighted by Crippen LogP contribution is -2.32. The normalized spacial score (nSPS) is 14.2. The predicted octanol–water partition coefficient (Wildman–Crippen LogP) is 3.63. The van der Waals surface area contributed by atoms with E-state index < -0.39 is 11.5 Å². The molecule has 1 heterocycles. The molecular weight excluding hydrogens is 402 g/mol. The van der Waals surface area contributed by atoms with Crippen LogP contribution < -0.4 is 10.9 Å². The standard InChI is InChI=1S/C22H21N3O4S/c1-25-17-11-12(21(28)29)10-16(18(17)20(27)24-22(25)30)14-8-4-5-9-15(14)19(26)23-13-6-2-3-7-13/h4-5,8-11,13H,2-3,6-7H2,1H3,(H,23,26)(H,28,29)(H,24,27,30). The number of hydrogen-bond acceptors (Lipinski definition) is 4. The lowest BCUT2D eigenvalue weighted by molar-refractivity contribution is 0.0696. The minimum atomic E-state index is -1.13. The molecule has 0 spiro atoms. The molecule has 8 heteroatoms. The van der Waals surface area contributed by atoms with E-state index in [0.717, 1.165) is 25.7 Å². The van der Waals surface area contributed by atoms with Crippen LogP contribution in [-0.2, 0) is 7.05 Å². The fourth-order valence-electron chi connectivity index (χ4n) is 4.07. The Morgan fingerprint density at radius 3 is 2.57 bits per heavy atom. The number of carboxylic acids is 1. The highest BCUT2D eigenvalue weighted by Crippen LogP contribution is 2.31. The monoisotopic (exact) mass is 423 g/mol. The van der Waals surface area contributed by atoms with Gasteiger partial charge in [-0.1, -0.05) is 31.0 Å². The predicted molar refractivity (Wildman–Crippen MR) is 116 cm³/mol. The van der Waals surface area contributed by atoms with E-state index in [2.05, 4.69) is 10.3 Å². The Morgan fingerprint density at radius 1 is 1.17 bits per heavy atom. The van der Waals surface area contributed by atoms with Crippen LogP contribution in [0.15, 0.2) is 41.2 Å². The summed E-state index contributed by atoms with van der Waals surface area (Å²) in [6.07, 6.45) is 4.07. The SMILES string of the molecule is Cn1c(=S)[nH]c(=O)c2c(-c3ccccc3C(=O)NC3CCCC3)cc(C(=O)O)cc21.